The van der Waals surface area contributed by atoms with Gasteiger partial charge in [0, 0.05) is 41.2 Å². The lowest BCUT2D eigenvalue weighted by atomic mass is 9.44. The van der Waals surface area contributed by atoms with Gasteiger partial charge in [-0.25, -0.2) is 0 Å². The number of hydrogen-bond acceptors (Lipinski definition) is 3. The zero-order valence-electron chi connectivity index (χ0n) is 36.8. The topological polar surface area (TPSA) is 38.7 Å². The highest BCUT2D eigenvalue weighted by molar-refractivity contribution is 5.92. The molecule has 3 aromatic heterocycles. The zero-order valence-corrected chi connectivity index (χ0v) is 36.8. The maximum atomic E-state index is 5.12. The molecule has 21 rings (SSSR count). The van der Waals surface area contributed by atoms with Crippen LogP contribution in [0.2, 0.25) is 0 Å². The molecule has 0 N–H and O–H groups in total. The molecule has 0 bridgehead atoms. The lowest BCUT2D eigenvalue weighted by Crippen LogP contribution is -2.57. The minimum absolute atomic E-state index is 0.583. The van der Waals surface area contributed by atoms with Crippen LogP contribution in [0.3, 0.4) is 0 Å². The normalized spacial score (nSPS) is 56.9. The van der Waals surface area contributed by atoms with Gasteiger partial charge < -0.3 is 0 Å². The Morgan fingerprint density at radius 1 is 0.338 bits per heavy atom. The highest BCUT2D eigenvalue weighted by Gasteiger charge is 2.87. The Balaban J connectivity index is 0.834. The van der Waals surface area contributed by atoms with Crippen LogP contribution in [0.5, 0.6) is 0 Å². The summed E-state index contributed by atoms with van der Waals surface area (Å²) >= 11 is 0. The van der Waals surface area contributed by atoms with Crippen molar-refractivity contribution < 1.29 is 0 Å². The summed E-state index contributed by atoms with van der Waals surface area (Å²) in [5.41, 5.74) is 17.1. The summed E-state index contributed by atoms with van der Waals surface area (Å²) in [6.07, 6.45) is 24.0. The van der Waals surface area contributed by atoms with E-state index in [-0.39, 0.29) is 0 Å². The van der Waals surface area contributed by atoms with E-state index in [1.54, 1.807) is 31.2 Å². The molecular formula is C62H55N3. The van der Waals surface area contributed by atoms with Gasteiger partial charge in [0.1, 0.15) is 0 Å². The molecule has 65 heavy (non-hydrogen) atoms. The maximum absolute atomic E-state index is 5.12. The first-order valence-corrected chi connectivity index (χ1v) is 27.1. The Bertz CT molecular complexity index is 3010. The van der Waals surface area contributed by atoms with Crippen LogP contribution in [0, 0.1) is 166 Å². The largest absolute Gasteiger partial charge is 0.256 e. The number of hydrogen-bond donors (Lipinski definition) is 0. The predicted molar refractivity (Wildman–Crippen MR) is 247 cm³/mol. The molecule has 3 heteroatoms. The molecular weight excluding hydrogens is 787 g/mol. The van der Waals surface area contributed by atoms with Crippen LogP contribution in [0.25, 0.3) is 33.8 Å². The summed E-state index contributed by atoms with van der Waals surface area (Å²) in [6.45, 7) is 0. The van der Waals surface area contributed by atoms with Crippen molar-refractivity contribution in [2.45, 2.75) is 31.6 Å². The monoisotopic (exact) mass is 841 g/mol. The van der Waals surface area contributed by atoms with Crippen molar-refractivity contribution in [2.75, 3.05) is 0 Å². The van der Waals surface area contributed by atoms with E-state index in [1.165, 1.54) is 16.7 Å². The fourth-order valence-electron chi connectivity index (χ4n) is 26.3. The molecule has 0 aliphatic heterocycles. The number of benzene rings is 1. The summed E-state index contributed by atoms with van der Waals surface area (Å²) < 4.78 is 0. The van der Waals surface area contributed by atoms with Gasteiger partial charge in [0.25, 0.3) is 0 Å². The van der Waals surface area contributed by atoms with E-state index in [4.69, 9.17) is 15.0 Å². The number of rotatable bonds is 4. The highest BCUT2D eigenvalue weighted by atomic mass is 14.9. The minimum atomic E-state index is 0.583. The first-order chi connectivity index (χ1) is 32.3. The van der Waals surface area contributed by atoms with E-state index in [0.29, 0.717) is 17.8 Å². The fourth-order valence-corrected chi connectivity index (χ4v) is 26.3. The van der Waals surface area contributed by atoms with E-state index in [9.17, 15) is 0 Å². The molecule has 0 saturated heterocycles. The fraction of sp³-hybridized carbons (Fsp3) is 0.532. The van der Waals surface area contributed by atoms with Crippen molar-refractivity contribution in [3.8, 4) is 33.8 Å². The van der Waals surface area contributed by atoms with Gasteiger partial charge in [-0.1, -0.05) is 64.8 Å². The Labute approximate surface area is 381 Å². The van der Waals surface area contributed by atoms with Crippen LogP contribution in [0.1, 0.15) is 37.2 Å². The van der Waals surface area contributed by atoms with Gasteiger partial charge >= 0.3 is 0 Å². The second-order valence-corrected chi connectivity index (χ2v) is 26.0. The highest BCUT2D eigenvalue weighted by Crippen LogP contribution is 2.92. The second-order valence-electron chi connectivity index (χ2n) is 26.0. The molecule has 1 aromatic carbocycles. The third kappa shape index (κ3) is 3.18. The molecule has 29 unspecified atom stereocenters. The molecule has 0 amide bonds. The van der Waals surface area contributed by atoms with Gasteiger partial charge in [0.15, 0.2) is 0 Å². The van der Waals surface area contributed by atoms with Crippen LogP contribution in [-0.2, 0) is 0 Å². The average Bonchev–Trinajstić information content (AvgIpc) is 3.88. The van der Waals surface area contributed by atoms with Gasteiger partial charge in [-0.3, -0.25) is 15.0 Å². The van der Waals surface area contributed by atoms with E-state index in [0.717, 1.165) is 171 Å². The zero-order chi connectivity index (χ0) is 40.8. The molecule has 3 heterocycles. The quantitative estimate of drug-likeness (QED) is 0.192. The molecule has 4 aromatic rings. The third-order valence-electron chi connectivity index (χ3n) is 26.0. The van der Waals surface area contributed by atoms with Crippen LogP contribution in [0.15, 0.2) is 132 Å². The Kier molecular flexibility index (Phi) is 5.29. The SMILES string of the molecule is C1=CC2C3C=CC4C5CCC6C7CCC8C9C%10C%11=C(C1C1C2C2=C%12C(C%111)C1C%10C8C7C7C6C5C(C%12C17)C4C23)C1C(c2cc(-c3ccccn3)c(-c3ccccn3)c(-c3ccccn3)c2)C19. The molecule has 0 spiro atoms. The smallest absolute Gasteiger partial charge is 0.0715 e. The molecule has 3 nitrogen and oxygen atoms in total. The first kappa shape index (κ1) is 33.2. The third-order valence-corrected chi connectivity index (χ3v) is 26.0. The Morgan fingerprint density at radius 2 is 0.846 bits per heavy atom. The van der Waals surface area contributed by atoms with E-state index in [1.807, 2.05) is 18.6 Å². The average molecular weight is 842 g/mol. The summed E-state index contributed by atoms with van der Waals surface area (Å²) in [5.74, 6) is 26.9. The first-order valence-electron chi connectivity index (χ1n) is 27.1. The molecule has 17 aliphatic rings. The Morgan fingerprint density at radius 3 is 1.57 bits per heavy atom. The standard InChI is InChI=1S/C62H55N3/c1-4-18-63-34(7-1)32-21-23(22-33(35-8-2-5-19-64-35)38(32)36-9-3-6-20-65-36)37-49-47-30-16-14-28-26-12-10-24-25-11-13-27-29-15-17-31-46-44(29)53-42(27)40(25)51-39(24)41(26)52-43(28)45(30)54-56(47)57(48(31)50(37)49)55(46)62-60(53)58(51)59(52)61(54)62/h1-10,12,14,16,18-22,24-31,37,39-46,48-51,53-55,57-58,60-62H,11,13,15,17H2. The number of allylic oxidation sites excluding steroid dienone is 8. The van der Waals surface area contributed by atoms with Crippen molar-refractivity contribution in [1.82, 2.24) is 15.0 Å². The summed E-state index contributed by atoms with van der Waals surface area (Å²) in [4.78, 5) is 15.3. The molecule has 29 atom stereocenters. The molecule has 11 saturated carbocycles. The van der Waals surface area contributed by atoms with E-state index >= 15 is 0 Å². The summed E-state index contributed by atoms with van der Waals surface area (Å²) in [5, 5.41) is 0. The Hall–Kier alpha value is -4.37. The van der Waals surface area contributed by atoms with Gasteiger partial charge in [0.2, 0.25) is 0 Å². The van der Waals surface area contributed by atoms with Gasteiger partial charge in [-0.15, -0.1) is 0 Å². The van der Waals surface area contributed by atoms with Gasteiger partial charge in [0.05, 0.1) is 17.1 Å². The van der Waals surface area contributed by atoms with Crippen molar-refractivity contribution in [2.24, 2.45) is 166 Å². The molecule has 17 aliphatic carbocycles. The van der Waals surface area contributed by atoms with Crippen LogP contribution in [0.4, 0.5) is 0 Å². The van der Waals surface area contributed by atoms with Crippen LogP contribution >= 0.6 is 0 Å². The number of fused-ring (bicyclic) bond motifs is 8. The molecule has 318 valence electrons. The summed E-state index contributed by atoms with van der Waals surface area (Å²) in [6, 6.07) is 24.7. The molecule has 0 radical (unpaired) electrons. The summed E-state index contributed by atoms with van der Waals surface area (Å²) in [7, 11) is 0. The minimum Gasteiger partial charge on any atom is -0.256 e. The van der Waals surface area contributed by atoms with Gasteiger partial charge in [-0.2, -0.15) is 0 Å². The number of nitrogens with zero attached hydrogens (tertiary/aromatic N) is 3. The van der Waals surface area contributed by atoms with Crippen LogP contribution in [-0.4, -0.2) is 15.0 Å². The van der Waals surface area contributed by atoms with Crippen LogP contribution < -0.4 is 0 Å². The number of aromatic nitrogens is 3. The van der Waals surface area contributed by atoms with E-state index < -0.39 is 0 Å². The molecule has 11 fully saturated rings. The van der Waals surface area contributed by atoms with Gasteiger partial charge in [-0.05, 0) is 245 Å². The lowest BCUT2D eigenvalue weighted by Gasteiger charge is -2.60. The van der Waals surface area contributed by atoms with Crippen molar-refractivity contribution >= 4 is 0 Å². The maximum Gasteiger partial charge on any atom is 0.0715 e. The van der Waals surface area contributed by atoms with E-state index in [2.05, 4.69) is 113 Å². The van der Waals surface area contributed by atoms with Crippen molar-refractivity contribution in [1.29, 1.82) is 0 Å². The van der Waals surface area contributed by atoms with Crippen molar-refractivity contribution in [3.63, 3.8) is 0 Å². The lowest BCUT2D eigenvalue weighted by molar-refractivity contribution is -0.127. The van der Waals surface area contributed by atoms with Crippen molar-refractivity contribution in [3.05, 3.63) is 137 Å². The predicted octanol–water partition coefficient (Wildman–Crippen LogP) is 11.7. The second kappa shape index (κ2) is 10.4. The number of pyridine rings is 3.